The minimum atomic E-state index is -0.0706. The summed E-state index contributed by atoms with van der Waals surface area (Å²) in [5.74, 6) is 1.22. The first-order chi connectivity index (χ1) is 11.6. The van der Waals surface area contributed by atoms with E-state index in [1.807, 2.05) is 0 Å². The SMILES string of the molecule is CCCCOc1c(CN)n(CC2CC2)c(=O)c2cc(Cl)c(Cl)cc12.Cl. The standard InChI is InChI=1S/C18H22Cl2N2O2.ClH/c1-2-3-6-24-17-12-7-14(19)15(20)8-13(12)18(23)22(16(17)9-21)10-11-4-5-11;/h7-8,11H,2-6,9-10,21H2,1H3;1H. The first-order valence-corrected chi connectivity index (χ1v) is 9.19. The number of nitrogens with zero attached hydrogens (tertiary/aromatic N) is 1. The van der Waals surface area contributed by atoms with Crippen LogP contribution < -0.4 is 16.0 Å². The molecule has 1 saturated carbocycles. The van der Waals surface area contributed by atoms with Gasteiger partial charge in [0.05, 0.1) is 27.7 Å². The zero-order chi connectivity index (χ0) is 17.3. The number of benzene rings is 1. The van der Waals surface area contributed by atoms with Crippen LogP contribution in [0.1, 0.15) is 38.3 Å². The van der Waals surface area contributed by atoms with Gasteiger partial charge in [-0.3, -0.25) is 4.79 Å². The Balaban J connectivity index is 0.00000225. The van der Waals surface area contributed by atoms with Crippen LogP contribution in [0, 0.1) is 5.92 Å². The number of nitrogens with two attached hydrogens (primary N) is 1. The third-order valence-corrected chi connectivity index (χ3v) is 5.17. The number of rotatable bonds is 7. The molecule has 0 radical (unpaired) electrons. The van der Waals surface area contributed by atoms with Crippen LogP contribution in [0.2, 0.25) is 10.0 Å². The fraction of sp³-hybridized carbons (Fsp3) is 0.500. The fourth-order valence-corrected chi connectivity index (χ4v) is 3.22. The smallest absolute Gasteiger partial charge is 0.258 e. The zero-order valence-electron chi connectivity index (χ0n) is 14.2. The Morgan fingerprint density at radius 1 is 1.24 bits per heavy atom. The topological polar surface area (TPSA) is 57.2 Å². The number of pyridine rings is 1. The van der Waals surface area contributed by atoms with Crippen molar-refractivity contribution in [3.8, 4) is 5.75 Å². The Kier molecular flexibility index (Phi) is 7.03. The molecule has 138 valence electrons. The lowest BCUT2D eigenvalue weighted by Gasteiger charge is -2.19. The maximum absolute atomic E-state index is 13.0. The number of unbranched alkanes of at least 4 members (excludes halogenated alkanes) is 1. The molecule has 2 N–H and O–H groups in total. The molecule has 2 aromatic rings. The van der Waals surface area contributed by atoms with Crippen LogP contribution in [0.25, 0.3) is 10.8 Å². The molecule has 25 heavy (non-hydrogen) atoms. The summed E-state index contributed by atoms with van der Waals surface area (Å²) in [6.45, 7) is 3.63. The normalized spacial score (nSPS) is 13.8. The summed E-state index contributed by atoms with van der Waals surface area (Å²) in [4.78, 5) is 13.0. The molecule has 0 bridgehead atoms. The largest absolute Gasteiger partial charge is 0.491 e. The monoisotopic (exact) mass is 404 g/mol. The van der Waals surface area contributed by atoms with E-state index < -0.39 is 0 Å². The number of aromatic nitrogens is 1. The molecule has 0 atom stereocenters. The van der Waals surface area contributed by atoms with Crippen LogP contribution in [-0.2, 0) is 13.1 Å². The van der Waals surface area contributed by atoms with Crippen molar-refractivity contribution in [2.75, 3.05) is 6.61 Å². The molecule has 1 heterocycles. The molecule has 0 spiro atoms. The summed E-state index contributed by atoms with van der Waals surface area (Å²) >= 11 is 12.3. The summed E-state index contributed by atoms with van der Waals surface area (Å²) in [5, 5.41) is 2.01. The van der Waals surface area contributed by atoms with Crippen molar-refractivity contribution in [3.05, 3.63) is 38.2 Å². The average molecular weight is 406 g/mol. The third-order valence-electron chi connectivity index (χ3n) is 4.44. The van der Waals surface area contributed by atoms with Gasteiger partial charge < -0.3 is 15.0 Å². The zero-order valence-corrected chi connectivity index (χ0v) is 16.5. The van der Waals surface area contributed by atoms with E-state index in [-0.39, 0.29) is 24.5 Å². The van der Waals surface area contributed by atoms with Crippen molar-refractivity contribution in [1.82, 2.24) is 4.57 Å². The van der Waals surface area contributed by atoms with Gasteiger partial charge in [-0.15, -0.1) is 12.4 Å². The number of hydrogen-bond acceptors (Lipinski definition) is 3. The van der Waals surface area contributed by atoms with Gasteiger partial charge in [-0.1, -0.05) is 36.5 Å². The van der Waals surface area contributed by atoms with Gasteiger partial charge >= 0.3 is 0 Å². The average Bonchev–Trinajstić information content (AvgIpc) is 3.38. The minimum absolute atomic E-state index is 0. The van der Waals surface area contributed by atoms with Crippen molar-refractivity contribution in [2.45, 2.75) is 45.7 Å². The molecule has 4 nitrogen and oxygen atoms in total. The van der Waals surface area contributed by atoms with Crippen LogP contribution in [0.15, 0.2) is 16.9 Å². The molecule has 1 fully saturated rings. The molecule has 1 aromatic heterocycles. The molecule has 0 unspecified atom stereocenters. The molecule has 7 heteroatoms. The summed E-state index contributed by atoms with van der Waals surface area (Å²) in [6.07, 6.45) is 4.28. The molecule has 0 saturated heterocycles. The number of ether oxygens (including phenoxy) is 1. The highest BCUT2D eigenvalue weighted by Crippen LogP contribution is 2.36. The van der Waals surface area contributed by atoms with Crippen molar-refractivity contribution in [1.29, 1.82) is 0 Å². The molecular weight excluding hydrogens is 383 g/mol. The molecule has 0 amide bonds. The Morgan fingerprint density at radius 2 is 1.88 bits per heavy atom. The van der Waals surface area contributed by atoms with E-state index in [0.29, 0.717) is 45.6 Å². The lowest BCUT2D eigenvalue weighted by atomic mass is 10.1. The summed E-state index contributed by atoms with van der Waals surface area (Å²) in [7, 11) is 0. The maximum Gasteiger partial charge on any atom is 0.258 e. The van der Waals surface area contributed by atoms with Gasteiger partial charge in [0.2, 0.25) is 0 Å². The number of hydrogen-bond donors (Lipinski definition) is 1. The fourth-order valence-electron chi connectivity index (χ4n) is 2.89. The Morgan fingerprint density at radius 3 is 2.44 bits per heavy atom. The van der Waals surface area contributed by atoms with E-state index in [2.05, 4.69) is 6.92 Å². The highest BCUT2D eigenvalue weighted by molar-refractivity contribution is 6.42. The first-order valence-electron chi connectivity index (χ1n) is 8.44. The summed E-state index contributed by atoms with van der Waals surface area (Å²) in [5.41, 5.74) is 6.65. The third kappa shape index (κ3) is 4.25. The lowest BCUT2D eigenvalue weighted by molar-refractivity contribution is 0.305. The van der Waals surface area contributed by atoms with Crippen LogP contribution in [0.4, 0.5) is 0 Å². The second-order valence-electron chi connectivity index (χ2n) is 6.35. The molecule has 1 aliphatic carbocycles. The summed E-state index contributed by atoms with van der Waals surface area (Å²) < 4.78 is 7.80. The van der Waals surface area contributed by atoms with Crippen LogP contribution in [0.5, 0.6) is 5.75 Å². The van der Waals surface area contributed by atoms with Crippen molar-refractivity contribution in [2.24, 2.45) is 11.7 Å². The molecular formula is C18H23Cl3N2O2. The number of halogens is 3. The first kappa shape index (κ1) is 20.4. The maximum atomic E-state index is 13.0. The van der Waals surface area contributed by atoms with E-state index in [1.165, 1.54) is 0 Å². The molecule has 1 aliphatic rings. The highest BCUT2D eigenvalue weighted by Gasteiger charge is 2.26. The van der Waals surface area contributed by atoms with E-state index >= 15 is 0 Å². The Labute approximate surface area is 163 Å². The highest BCUT2D eigenvalue weighted by atomic mass is 35.5. The van der Waals surface area contributed by atoms with Crippen LogP contribution in [-0.4, -0.2) is 11.2 Å². The lowest BCUT2D eigenvalue weighted by Crippen LogP contribution is -2.27. The van der Waals surface area contributed by atoms with E-state index in [0.717, 1.165) is 31.4 Å². The quantitative estimate of drug-likeness (QED) is 0.675. The van der Waals surface area contributed by atoms with Crippen molar-refractivity contribution < 1.29 is 4.74 Å². The van der Waals surface area contributed by atoms with Crippen LogP contribution >= 0.6 is 35.6 Å². The minimum Gasteiger partial charge on any atom is -0.491 e. The summed E-state index contributed by atoms with van der Waals surface area (Å²) in [6, 6.07) is 3.35. The van der Waals surface area contributed by atoms with E-state index in [1.54, 1.807) is 16.7 Å². The molecule has 0 aliphatic heterocycles. The van der Waals surface area contributed by atoms with Crippen molar-refractivity contribution >= 4 is 46.4 Å². The second kappa shape index (κ2) is 8.63. The van der Waals surface area contributed by atoms with Gasteiger partial charge in [0, 0.05) is 18.5 Å². The van der Waals surface area contributed by atoms with E-state index in [4.69, 9.17) is 33.7 Å². The van der Waals surface area contributed by atoms with Gasteiger partial charge in [0.15, 0.2) is 0 Å². The number of fused-ring (bicyclic) bond motifs is 1. The molecule has 1 aromatic carbocycles. The van der Waals surface area contributed by atoms with Crippen molar-refractivity contribution in [3.63, 3.8) is 0 Å². The van der Waals surface area contributed by atoms with Gasteiger partial charge in [-0.2, -0.15) is 0 Å². The Hall–Kier alpha value is -0.940. The second-order valence-corrected chi connectivity index (χ2v) is 7.17. The van der Waals surface area contributed by atoms with E-state index in [9.17, 15) is 4.79 Å². The predicted molar refractivity (Wildman–Crippen MR) is 106 cm³/mol. The van der Waals surface area contributed by atoms with Crippen LogP contribution in [0.3, 0.4) is 0 Å². The van der Waals surface area contributed by atoms with Gasteiger partial charge in [0.1, 0.15) is 5.75 Å². The Bertz CT molecular complexity index is 816. The van der Waals surface area contributed by atoms with Gasteiger partial charge in [-0.05, 0) is 37.3 Å². The van der Waals surface area contributed by atoms with Gasteiger partial charge in [0.25, 0.3) is 5.56 Å². The van der Waals surface area contributed by atoms with Gasteiger partial charge in [-0.25, -0.2) is 0 Å². The predicted octanol–water partition coefficient (Wildman–Crippen LogP) is 4.78. The molecule has 3 rings (SSSR count).